The molecule has 0 radical (unpaired) electrons. The number of esters is 1. The normalized spacial score (nSPS) is 16.3. The highest BCUT2D eigenvalue weighted by Gasteiger charge is 2.25. The summed E-state index contributed by atoms with van der Waals surface area (Å²) in [6, 6.07) is 13.1. The highest BCUT2D eigenvalue weighted by atomic mass is 32.2. The number of para-hydroxylation sites is 1. The third-order valence-electron chi connectivity index (χ3n) is 4.45. The minimum atomic E-state index is -0.560. The van der Waals surface area contributed by atoms with Crippen molar-refractivity contribution in [1.82, 2.24) is 0 Å². The molecule has 1 aliphatic heterocycles. The molecule has 27 heavy (non-hydrogen) atoms. The number of thioether (sulfide) groups is 1. The van der Waals surface area contributed by atoms with E-state index in [0.717, 1.165) is 22.6 Å². The summed E-state index contributed by atoms with van der Waals surface area (Å²) in [7, 11) is 1.50. The predicted octanol–water partition coefficient (Wildman–Crippen LogP) is 4.08. The van der Waals surface area contributed by atoms with Gasteiger partial charge in [-0.15, -0.1) is 11.8 Å². The van der Waals surface area contributed by atoms with Gasteiger partial charge >= 0.3 is 5.97 Å². The molecule has 0 aromatic heterocycles. The van der Waals surface area contributed by atoms with Crippen LogP contribution in [0, 0.1) is 6.92 Å². The summed E-state index contributed by atoms with van der Waals surface area (Å²) in [4.78, 5) is 28.0. The zero-order valence-corrected chi connectivity index (χ0v) is 16.5. The largest absolute Gasteiger partial charge is 0.496 e. The minimum Gasteiger partial charge on any atom is -0.496 e. The number of carbonyl (C=O) groups excluding carboxylic acids is 2. The van der Waals surface area contributed by atoms with Crippen molar-refractivity contribution in [1.29, 1.82) is 0 Å². The Labute approximate surface area is 163 Å². The van der Waals surface area contributed by atoms with E-state index in [4.69, 9.17) is 9.47 Å². The molecule has 0 spiro atoms. The van der Waals surface area contributed by atoms with Crippen LogP contribution in [0.5, 0.6) is 5.75 Å². The maximum Gasteiger partial charge on any atom is 0.342 e. The summed E-state index contributed by atoms with van der Waals surface area (Å²) in [6.07, 6.45) is 0.880. The maximum absolute atomic E-state index is 12.8. The number of anilines is 1. The van der Waals surface area contributed by atoms with E-state index in [1.54, 1.807) is 28.8 Å². The number of ether oxygens (including phenoxy) is 2. The topological polar surface area (TPSA) is 55.8 Å². The van der Waals surface area contributed by atoms with Crippen molar-refractivity contribution in [2.24, 2.45) is 0 Å². The average molecular weight is 385 g/mol. The van der Waals surface area contributed by atoms with Crippen molar-refractivity contribution < 1.29 is 19.1 Å². The lowest BCUT2D eigenvalue weighted by Crippen LogP contribution is -2.35. The van der Waals surface area contributed by atoms with E-state index < -0.39 is 5.97 Å². The van der Waals surface area contributed by atoms with Gasteiger partial charge in [0.25, 0.3) is 5.91 Å². The fourth-order valence-electron chi connectivity index (χ4n) is 3.01. The van der Waals surface area contributed by atoms with Crippen LogP contribution in [-0.2, 0) is 9.53 Å². The van der Waals surface area contributed by atoms with Gasteiger partial charge in [0.15, 0.2) is 6.61 Å². The van der Waals surface area contributed by atoms with Crippen LogP contribution < -0.4 is 9.64 Å². The molecule has 6 heteroatoms. The third kappa shape index (κ3) is 4.45. The summed E-state index contributed by atoms with van der Waals surface area (Å²) in [5, 5.41) is 0.419. The number of nitrogens with zero attached hydrogens (tertiary/aromatic N) is 1. The van der Waals surface area contributed by atoms with Crippen LogP contribution >= 0.6 is 11.8 Å². The first-order valence-corrected chi connectivity index (χ1v) is 9.75. The Morgan fingerprint density at radius 2 is 2.00 bits per heavy atom. The SMILES string of the molecule is COc1ccc(C)cc1C(=O)OCC(=O)N1CC[C@@H](C)Sc2ccccc21. The van der Waals surface area contributed by atoms with Crippen LogP contribution in [0.25, 0.3) is 0 Å². The Kier molecular flexibility index (Phi) is 6.06. The number of benzene rings is 2. The number of hydrogen-bond donors (Lipinski definition) is 0. The summed E-state index contributed by atoms with van der Waals surface area (Å²) >= 11 is 1.76. The Hall–Kier alpha value is -2.47. The molecule has 2 aromatic carbocycles. The molecular formula is C21H23NO4S. The molecule has 142 valence electrons. The third-order valence-corrected chi connectivity index (χ3v) is 5.68. The highest BCUT2D eigenvalue weighted by molar-refractivity contribution is 8.00. The van der Waals surface area contributed by atoms with E-state index >= 15 is 0 Å². The van der Waals surface area contributed by atoms with Crippen LogP contribution in [0.15, 0.2) is 47.4 Å². The first-order chi connectivity index (χ1) is 13.0. The van der Waals surface area contributed by atoms with Crippen molar-refractivity contribution in [3.8, 4) is 5.75 Å². The molecule has 1 atom stereocenters. The van der Waals surface area contributed by atoms with Gasteiger partial charge in [0.05, 0.1) is 12.8 Å². The van der Waals surface area contributed by atoms with Crippen molar-refractivity contribution in [3.05, 3.63) is 53.6 Å². The van der Waals surface area contributed by atoms with E-state index in [-0.39, 0.29) is 12.5 Å². The van der Waals surface area contributed by atoms with E-state index in [1.807, 2.05) is 37.3 Å². The Balaban J connectivity index is 1.73. The molecular weight excluding hydrogens is 362 g/mol. The lowest BCUT2D eigenvalue weighted by Gasteiger charge is -2.22. The molecule has 2 aromatic rings. The van der Waals surface area contributed by atoms with Crippen molar-refractivity contribution in [2.75, 3.05) is 25.2 Å². The van der Waals surface area contributed by atoms with E-state index in [2.05, 4.69) is 6.92 Å². The first-order valence-electron chi connectivity index (χ1n) is 8.87. The van der Waals surface area contributed by atoms with Gasteiger partial charge in [-0.25, -0.2) is 4.79 Å². The summed E-state index contributed by atoms with van der Waals surface area (Å²) < 4.78 is 10.5. The second kappa shape index (κ2) is 8.48. The molecule has 1 heterocycles. The number of hydrogen-bond acceptors (Lipinski definition) is 5. The van der Waals surface area contributed by atoms with Gasteiger partial charge in [0.1, 0.15) is 11.3 Å². The minimum absolute atomic E-state index is 0.225. The monoisotopic (exact) mass is 385 g/mol. The molecule has 0 aliphatic carbocycles. The lowest BCUT2D eigenvalue weighted by molar-refractivity contribution is -0.121. The van der Waals surface area contributed by atoms with Gasteiger partial charge < -0.3 is 14.4 Å². The zero-order valence-electron chi connectivity index (χ0n) is 15.7. The molecule has 0 unspecified atom stereocenters. The van der Waals surface area contributed by atoms with Gasteiger partial charge in [-0.2, -0.15) is 0 Å². The fourth-order valence-corrected chi connectivity index (χ4v) is 4.12. The van der Waals surface area contributed by atoms with Gasteiger partial charge in [0, 0.05) is 16.7 Å². The van der Waals surface area contributed by atoms with Crippen molar-refractivity contribution in [3.63, 3.8) is 0 Å². The second-order valence-corrected chi connectivity index (χ2v) is 7.99. The molecule has 3 rings (SSSR count). The first kappa shape index (κ1) is 19.3. The molecule has 0 saturated heterocycles. The van der Waals surface area contributed by atoms with Gasteiger partial charge in [0.2, 0.25) is 0 Å². The van der Waals surface area contributed by atoms with Crippen LogP contribution in [-0.4, -0.2) is 37.4 Å². The standard InChI is InChI=1S/C21H23NO4S/c1-14-8-9-18(25-3)16(12-14)21(24)26-13-20(23)22-11-10-15(2)27-19-7-5-4-6-17(19)22/h4-9,12,15H,10-11,13H2,1-3H3/t15-/m1/s1. The highest BCUT2D eigenvalue weighted by Crippen LogP contribution is 2.37. The fraction of sp³-hybridized carbons (Fsp3) is 0.333. The van der Waals surface area contributed by atoms with E-state index in [0.29, 0.717) is 23.1 Å². The lowest BCUT2D eigenvalue weighted by atomic mass is 10.1. The number of methoxy groups -OCH3 is 1. The van der Waals surface area contributed by atoms with Crippen LogP contribution in [0.3, 0.4) is 0 Å². The number of rotatable bonds is 4. The maximum atomic E-state index is 12.8. The van der Waals surface area contributed by atoms with Gasteiger partial charge in [-0.05, 0) is 37.6 Å². The van der Waals surface area contributed by atoms with E-state index in [1.165, 1.54) is 7.11 Å². The number of aryl methyl sites for hydroxylation is 1. The van der Waals surface area contributed by atoms with Gasteiger partial charge in [-0.3, -0.25) is 4.79 Å². The van der Waals surface area contributed by atoms with Crippen molar-refractivity contribution >= 4 is 29.3 Å². The second-order valence-electron chi connectivity index (χ2n) is 6.51. The Morgan fingerprint density at radius 3 is 2.78 bits per heavy atom. The van der Waals surface area contributed by atoms with E-state index in [9.17, 15) is 9.59 Å². The zero-order chi connectivity index (χ0) is 19.4. The Morgan fingerprint density at radius 1 is 1.22 bits per heavy atom. The summed E-state index contributed by atoms with van der Waals surface area (Å²) in [5.74, 6) is -0.352. The van der Waals surface area contributed by atoms with Crippen molar-refractivity contribution in [2.45, 2.75) is 30.4 Å². The smallest absolute Gasteiger partial charge is 0.342 e. The van der Waals surface area contributed by atoms with Crippen LogP contribution in [0.2, 0.25) is 0 Å². The summed E-state index contributed by atoms with van der Waals surface area (Å²) in [5.41, 5.74) is 2.12. The molecule has 0 saturated carbocycles. The molecule has 0 fully saturated rings. The number of amides is 1. The average Bonchev–Trinajstić information content (AvgIpc) is 2.84. The molecule has 5 nitrogen and oxygen atoms in total. The van der Waals surface area contributed by atoms with Crippen LogP contribution in [0.4, 0.5) is 5.69 Å². The molecule has 0 bridgehead atoms. The number of carbonyl (C=O) groups is 2. The summed E-state index contributed by atoms with van der Waals surface area (Å²) in [6.45, 7) is 4.34. The van der Waals surface area contributed by atoms with Gasteiger partial charge in [-0.1, -0.05) is 30.7 Å². The molecule has 1 aliphatic rings. The quantitative estimate of drug-likeness (QED) is 0.743. The molecule has 0 N–H and O–H groups in total. The predicted molar refractivity (Wildman–Crippen MR) is 107 cm³/mol. The Bertz CT molecular complexity index is 852. The molecule has 1 amide bonds. The number of fused-ring (bicyclic) bond motifs is 1. The van der Waals surface area contributed by atoms with Crippen LogP contribution in [0.1, 0.15) is 29.3 Å².